The number of carbonyl (C=O) groups is 1. The molecule has 1 N–H and O–H groups in total. The van der Waals surface area contributed by atoms with E-state index < -0.39 is 11.2 Å². The van der Waals surface area contributed by atoms with Gasteiger partial charge in [0.2, 0.25) is 5.91 Å². The normalized spacial score (nSPS) is 16.9. The van der Waals surface area contributed by atoms with Crippen molar-refractivity contribution in [1.29, 1.82) is 0 Å². The van der Waals surface area contributed by atoms with Crippen LogP contribution < -0.4 is 16.0 Å². The predicted octanol–water partition coefficient (Wildman–Crippen LogP) is 1.38. The molecule has 1 saturated heterocycles. The van der Waals surface area contributed by atoms with E-state index in [0.29, 0.717) is 25.4 Å². The van der Waals surface area contributed by atoms with E-state index in [1.54, 1.807) is 17.0 Å². The van der Waals surface area contributed by atoms with Gasteiger partial charge in [-0.25, -0.2) is 9.18 Å². The molecule has 1 fully saturated rings. The Morgan fingerprint density at radius 3 is 2.74 bits per heavy atom. The van der Waals surface area contributed by atoms with Crippen molar-refractivity contribution in [1.82, 2.24) is 14.5 Å². The maximum Gasteiger partial charge on any atom is 0.328 e. The third kappa shape index (κ3) is 5.29. The second-order valence-electron chi connectivity index (χ2n) is 6.67. The summed E-state index contributed by atoms with van der Waals surface area (Å²) in [5, 5.41) is 0. The Hall–Kier alpha value is -2.90. The van der Waals surface area contributed by atoms with Gasteiger partial charge in [0, 0.05) is 44.2 Å². The number of aryl methyl sites for hydroxylation is 1. The molecule has 3 rings (SSSR count). The van der Waals surface area contributed by atoms with Gasteiger partial charge in [-0.3, -0.25) is 14.6 Å². The Balaban J connectivity index is 1.49. The number of piperidine rings is 1. The zero-order chi connectivity index (χ0) is 19.2. The van der Waals surface area contributed by atoms with Crippen LogP contribution in [0, 0.1) is 11.7 Å². The van der Waals surface area contributed by atoms with E-state index in [4.69, 9.17) is 4.74 Å². The van der Waals surface area contributed by atoms with Gasteiger partial charge in [-0.15, -0.1) is 0 Å². The number of rotatable bonds is 6. The third-order valence-electron chi connectivity index (χ3n) is 4.63. The fourth-order valence-corrected chi connectivity index (χ4v) is 3.17. The fraction of sp³-hybridized carbons (Fsp3) is 0.421. The number of nitrogens with one attached hydrogen (secondary N) is 1. The lowest BCUT2D eigenvalue weighted by molar-refractivity contribution is -0.133. The molecular formula is C19H22FN3O4. The molecular weight excluding hydrogens is 353 g/mol. The number of halogens is 1. The van der Waals surface area contributed by atoms with Crippen molar-refractivity contribution in [3.8, 4) is 5.75 Å². The molecule has 2 heterocycles. The molecule has 1 aliphatic heterocycles. The van der Waals surface area contributed by atoms with Crippen LogP contribution in [0.3, 0.4) is 0 Å². The van der Waals surface area contributed by atoms with Crippen molar-refractivity contribution in [2.24, 2.45) is 5.92 Å². The first kappa shape index (κ1) is 18.9. The van der Waals surface area contributed by atoms with E-state index in [9.17, 15) is 18.8 Å². The summed E-state index contributed by atoms with van der Waals surface area (Å²) in [6.45, 7) is 1.98. The van der Waals surface area contributed by atoms with Crippen LogP contribution in [0.2, 0.25) is 0 Å². The number of carbonyl (C=O) groups excluding carboxylic acids is 1. The molecule has 0 spiro atoms. The molecule has 27 heavy (non-hydrogen) atoms. The summed E-state index contributed by atoms with van der Waals surface area (Å²) >= 11 is 0. The molecule has 2 aromatic rings. The van der Waals surface area contributed by atoms with Gasteiger partial charge in [-0.2, -0.15) is 0 Å². The van der Waals surface area contributed by atoms with Crippen LogP contribution >= 0.6 is 0 Å². The largest absolute Gasteiger partial charge is 0.493 e. The summed E-state index contributed by atoms with van der Waals surface area (Å²) in [4.78, 5) is 39.2. The number of ether oxygens (including phenoxy) is 1. The lowest BCUT2D eigenvalue weighted by Gasteiger charge is -2.32. The molecule has 1 atom stereocenters. The highest BCUT2D eigenvalue weighted by Crippen LogP contribution is 2.19. The van der Waals surface area contributed by atoms with E-state index in [-0.39, 0.29) is 30.6 Å². The summed E-state index contributed by atoms with van der Waals surface area (Å²) in [7, 11) is 0. The lowest BCUT2D eigenvalue weighted by Crippen LogP contribution is -2.42. The van der Waals surface area contributed by atoms with Crippen molar-refractivity contribution in [3.05, 3.63) is 63.2 Å². The van der Waals surface area contributed by atoms with Crippen molar-refractivity contribution in [3.63, 3.8) is 0 Å². The van der Waals surface area contributed by atoms with E-state index >= 15 is 0 Å². The molecule has 144 valence electrons. The molecule has 1 aromatic carbocycles. The molecule has 1 aromatic heterocycles. The quantitative estimate of drug-likeness (QED) is 0.827. The van der Waals surface area contributed by atoms with Crippen molar-refractivity contribution < 1.29 is 13.9 Å². The van der Waals surface area contributed by atoms with Gasteiger partial charge in [-0.05, 0) is 37.1 Å². The van der Waals surface area contributed by atoms with Gasteiger partial charge >= 0.3 is 5.69 Å². The Bertz CT molecular complexity index is 891. The highest BCUT2D eigenvalue weighted by molar-refractivity contribution is 5.76. The topological polar surface area (TPSA) is 84.4 Å². The first-order valence-electron chi connectivity index (χ1n) is 8.97. The maximum atomic E-state index is 12.9. The third-order valence-corrected chi connectivity index (χ3v) is 4.63. The van der Waals surface area contributed by atoms with E-state index in [0.717, 1.165) is 12.8 Å². The molecule has 8 heteroatoms. The molecule has 7 nitrogen and oxygen atoms in total. The smallest absolute Gasteiger partial charge is 0.328 e. The fourth-order valence-electron chi connectivity index (χ4n) is 3.17. The van der Waals surface area contributed by atoms with E-state index in [2.05, 4.69) is 4.98 Å². The van der Waals surface area contributed by atoms with Crippen molar-refractivity contribution in [2.45, 2.75) is 25.8 Å². The lowest BCUT2D eigenvalue weighted by atomic mass is 9.98. The number of likely N-dealkylation sites (tertiary alicyclic amines) is 1. The van der Waals surface area contributed by atoms with Crippen LogP contribution in [0.15, 0.2) is 46.1 Å². The summed E-state index contributed by atoms with van der Waals surface area (Å²) in [5.41, 5.74) is -0.970. The number of aromatic nitrogens is 2. The van der Waals surface area contributed by atoms with Crippen molar-refractivity contribution in [2.75, 3.05) is 19.7 Å². The maximum absolute atomic E-state index is 12.9. The minimum atomic E-state index is -0.514. The molecule has 0 unspecified atom stereocenters. The number of nitrogens with zero attached hydrogens (tertiary/aromatic N) is 2. The monoisotopic (exact) mass is 375 g/mol. The second kappa shape index (κ2) is 8.66. The number of amides is 1. The van der Waals surface area contributed by atoms with Gasteiger partial charge in [0.25, 0.3) is 5.56 Å². The Labute approximate surface area is 155 Å². The molecule has 0 saturated carbocycles. The van der Waals surface area contributed by atoms with Crippen LogP contribution in [-0.2, 0) is 11.3 Å². The average molecular weight is 375 g/mol. The second-order valence-corrected chi connectivity index (χ2v) is 6.67. The highest BCUT2D eigenvalue weighted by atomic mass is 19.1. The molecule has 1 aliphatic rings. The van der Waals surface area contributed by atoms with Crippen LogP contribution in [0.25, 0.3) is 0 Å². The molecule has 1 amide bonds. The van der Waals surface area contributed by atoms with Crippen molar-refractivity contribution >= 4 is 5.91 Å². The zero-order valence-corrected chi connectivity index (χ0v) is 14.9. The van der Waals surface area contributed by atoms with Gasteiger partial charge in [0.1, 0.15) is 11.6 Å². The minimum Gasteiger partial charge on any atom is -0.493 e. The van der Waals surface area contributed by atoms with Crippen LogP contribution in [0.1, 0.15) is 19.3 Å². The Kier molecular flexibility index (Phi) is 6.05. The van der Waals surface area contributed by atoms with Gasteiger partial charge in [0.15, 0.2) is 0 Å². The number of hydrogen-bond donors (Lipinski definition) is 1. The van der Waals surface area contributed by atoms with E-state index in [1.165, 1.54) is 29.0 Å². The molecule has 0 bridgehead atoms. The SMILES string of the molecule is O=C(CCn1ccc(=O)[nH]c1=O)N1CCC[C@H](COc2ccc(F)cc2)C1. The number of aromatic amines is 1. The van der Waals surface area contributed by atoms with Gasteiger partial charge in [0.05, 0.1) is 6.61 Å². The van der Waals surface area contributed by atoms with Gasteiger partial charge in [-0.1, -0.05) is 0 Å². The summed E-state index contributed by atoms with van der Waals surface area (Å²) in [6.07, 6.45) is 3.44. The Morgan fingerprint density at radius 2 is 2.00 bits per heavy atom. The number of benzene rings is 1. The number of hydrogen-bond acceptors (Lipinski definition) is 4. The van der Waals surface area contributed by atoms with Gasteiger partial charge < -0.3 is 14.2 Å². The predicted molar refractivity (Wildman–Crippen MR) is 97.1 cm³/mol. The standard InChI is InChI=1S/C19H22FN3O4/c20-15-3-5-16(6-4-15)27-13-14-2-1-9-23(12-14)18(25)8-11-22-10-7-17(24)21-19(22)26/h3-7,10,14H,1-2,8-9,11-13H2,(H,21,24,26)/t14-/m0/s1. The zero-order valence-electron chi connectivity index (χ0n) is 14.9. The van der Waals surface area contributed by atoms with Crippen LogP contribution in [0.4, 0.5) is 4.39 Å². The number of H-pyrrole nitrogens is 1. The first-order chi connectivity index (χ1) is 13.0. The minimum absolute atomic E-state index is 0.0282. The van der Waals surface area contributed by atoms with E-state index in [1.807, 2.05) is 0 Å². The summed E-state index contributed by atoms with van der Waals surface area (Å²) in [5.74, 6) is 0.485. The average Bonchev–Trinajstić information content (AvgIpc) is 2.67. The molecule has 0 aliphatic carbocycles. The summed E-state index contributed by atoms with van der Waals surface area (Å²) in [6, 6.07) is 7.14. The summed E-state index contributed by atoms with van der Waals surface area (Å²) < 4.78 is 19.9. The Morgan fingerprint density at radius 1 is 1.22 bits per heavy atom. The first-order valence-corrected chi connectivity index (χ1v) is 8.97. The highest BCUT2D eigenvalue weighted by Gasteiger charge is 2.24. The van der Waals surface area contributed by atoms with Crippen LogP contribution in [0.5, 0.6) is 5.75 Å². The molecule has 0 radical (unpaired) electrons. The van der Waals surface area contributed by atoms with Crippen LogP contribution in [-0.4, -0.2) is 40.1 Å².